The van der Waals surface area contributed by atoms with Crippen LogP contribution in [-0.2, 0) is 11.2 Å². The highest BCUT2D eigenvalue weighted by molar-refractivity contribution is 5.21. The van der Waals surface area contributed by atoms with E-state index >= 15 is 0 Å². The van der Waals surface area contributed by atoms with Gasteiger partial charge >= 0.3 is 0 Å². The molecule has 0 saturated heterocycles. The maximum Gasteiger partial charge on any atom is 0.0575 e. The van der Waals surface area contributed by atoms with Crippen molar-refractivity contribution in [3.63, 3.8) is 0 Å². The van der Waals surface area contributed by atoms with Gasteiger partial charge < -0.3 is 4.74 Å². The highest BCUT2D eigenvalue weighted by atomic mass is 16.5. The molecule has 0 bridgehead atoms. The number of benzene rings is 1. The molecule has 0 aliphatic heterocycles. The minimum absolute atomic E-state index is 0.541. The third kappa shape index (κ3) is 6.72. The van der Waals surface area contributed by atoms with E-state index < -0.39 is 0 Å². The Morgan fingerprint density at radius 2 is 1.38 bits per heavy atom. The summed E-state index contributed by atoms with van der Waals surface area (Å²) in [6.45, 7) is 5.51. The van der Waals surface area contributed by atoms with Gasteiger partial charge in [-0.15, -0.1) is 0 Å². The number of hydrogen-bond acceptors (Lipinski definition) is 1. The SMILES string of the molecule is Cc1ccc(CCCOC2CCC(CCC3CCC(C)CC3)CC2)cc1. The average molecular weight is 357 g/mol. The molecule has 146 valence electrons. The number of ether oxygens (including phenoxy) is 1. The minimum Gasteiger partial charge on any atom is -0.378 e. The monoisotopic (exact) mass is 356 g/mol. The summed E-state index contributed by atoms with van der Waals surface area (Å²) in [4.78, 5) is 0. The first-order valence-corrected chi connectivity index (χ1v) is 11.4. The maximum atomic E-state index is 6.18. The van der Waals surface area contributed by atoms with Crippen molar-refractivity contribution in [1.29, 1.82) is 0 Å². The Kier molecular flexibility index (Phi) is 8.05. The molecule has 0 aromatic heterocycles. The molecule has 0 amide bonds. The summed E-state index contributed by atoms with van der Waals surface area (Å²) in [5, 5.41) is 0. The predicted molar refractivity (Wildman–Crippen MR) is 112 cm³/mol. The molecule has 0 spiro atoms. The van der Waals surface area contributed by atoms with Crippen molar-refractivity contribution in [3.05, 3.63) is 35.4 Å². The highest BCUT2D eigenvalue weighted by Gasteiger charge is 2.24. The van der Waals surface area contributed by atoms with Crippen LogP contribution < -0.4 is 0 Å². The van der Waals surface area contributed by atoms with Gasteiger partial charge in [-0.2, -0.15) is 0 Å². The Balaban J connectivity index is 1.23. The van der Waals surface area contributed by atoms with Crippen LogP contribution in [0.1, 0.15) is 88.7 Å². The Bertz CT molecular complexity index is 489. The molecule has 2 aliphatic rings. The summed E-state index contributed by atoms with van der Waals surface area (Å²) < 4.78 is 6.18. The van der Waals surface area contributed by atoms with Crippen LogP contribution in [0.2, 0.25) is 0 Å². The van der Waals surface area contributed by atoms with Gasteiger partial charge in [-0.25, -0.2) is 0 Å². The fourth-order valence-corrected chi connectivity index (χ4v) is 4.96. The lowest BCUT2D eigenvalue weighted by atomic mass is 9.77. The van der Waals surface area contributed by atoms with Gasteiger partial charge in [0.25, 0.3) is 0 Å². The smallest absolute Gasteiger partial charge is 0.0575 e. The van der Waals surface area contributed by atoms with Gasteiger partial charge in [0.2, 0.25) is 0 Å². The largest absolute Gasteiger partial charge is 0.378 e. The van der Waals surface area contributed by atoms with Gasteiger partial charge in [0.05, 0.1) is 6.10 Å². The van der Waals surface area contributed by atoms with Gasteiger partial charge in [-0.1, -0.05) is 75.3 Å². The third-order valence-electron chi connectivity index (χ3n) is 7.00. The Morgan fingerprint density at radius 1 is 0.808 bits per heavy atom. The standard InChI is InChI=1S/C25H40O/c1-20-5-9-22(10-6-20)4-3-19-26-25-17-15-24(16-18-25)14-13-23-11-7-21(2)8-12-23/h5-6,9-10,21,23-25H,3-4,7-8,11-19H2,1-2H3. The van der Waals surface area contributed by atoms with Gasteiger partial charge in [0, 0.05) is 6.61 Å². The van der Waals surface area contributed by atoms with E-state index in [2.05, 4.69) is 38.1 Å². The predicted octanol–water partition coefficient (Wildman–Crippen LogP) is 7.11. The van der Waals surface area contributed by atoms with Crippen molar-refractivity contribution >= 4 is 0 Å². The summed E-state index contributed by atoms with van der Waals surface area (Å²) in [6.07, 6.45) is 17.2. The lowest BCUT2D eigenvalue weighted by molar-refractivity contribution is 0.0154. The summed E-state index contributed by atoms with van der Waals surface area (Å²) in [6, 6.07) is 8.94. The fourth-order valence-electron chi connectivity index (χ4n) is 4.96. The van der Waals surface area contributed by atoms with Crippen LogP contribution in [0.25, 0.3) is 0 Å². The minimum atomic E-state index is 0.541. The van der Waals surface area contributed by atoms with Crippen LogP contribution in [0.4, 0.5) is 0 Å². The highest BCUT2D eigenvalue weighted by Crippen LogP contribution is 2.35. The molecule has 0 atom stereocenters. The first-order valence-electron chi connectivity index (χ1n) is 11.4. The van der Waals surface area contributed by atoms with Gasteiger partial charge in [0.1, 0.15) is 0 Å². The van der Waals surface area contributed by atoms with Crippen molar-refractivity contribution in [2.24, 2.45) is 17.8 Å². The Hall–Kier alpha value is -0.820. The summed E-state index contributed by atoms with van der Waals surface area (Å²) in [5.41, 5.74) is 2.79. The number of rotatable bonds is 8. The summed E-state index contributed by atoms with van der Waals surface area (Å²) in [7, 11) is 0. The molecule has 3 rings (SSSR count). The third-order valence-corrected chi connectivity index (χ3v) is 7.00. The van der Waals surface area contributed by atoms with Gasteiger partial charge in [0.15, 0.2) is 0 Å². The second-order valence-electron chi connectivity index (χ2n) is 9.31. The van der Waals surface area contributed by atoms with Gasteiger partial charge in [-0.05, 0) is 68.8 Å². The first kappa shape index (κ1) is 19.9. The molecule has 0 heterocycles. The average Bonchev–Trinajstić information content (AvgIpc) is 2.67. The van der Waals surface area contributed by atoms with E-state index in [4.69, 9.17) is 4.74 Å². The topological polar surface area (TPSA) is 9.23 Å². The number of aryl methyl sites for hydroxylation is 2. The Morgan fingerprint density at radius 3 is 2.00 bits per heavy atom. The van der Waals surface area contributed by atoms with E-state index in [0.717, 1.165) is 37.2 Å². The molecule has 1 aromatic carbocycles. The normalized spacial score (nSPS) is 29.6. The second kappa shape index (κ2) is 10.5. The van der Waals surface area contributed by atoms with Crippen molar-refractivity contribution < 1.29 is 4.74 Å². The van der Waals surface area contributed by atoms with Crippen LogP contribution in [-0.4, -0.2) is 12.7 Å². The van der Waals surface area contributed by atoms with Crippen LogP contribution >= 0.6 is 0 Å². The van der Waals surface area contributed by atoms with Crippen molar-refractivity contribution in [3.8, 4) is 0 Å². The molecule has 0 N–H and O–H groups in total. The van der Waals surface area contributed by atoms with Crippen molar-refractivity contribution in [2.45, 2.75) is 97.0 Å². The van der Waals surface area contributed by atoms with E-state index in [1.807, 2.05) is 0 Å². The zero-order valence-electron chi connectivity index (χ0n) is 17.2. The molecule has 0 unspecified atom stereocenters. The molecule has 0 radical (unpaired) electrons. The van der Waals surface area contributed by atoms with Crippen molar-refractivity contribution in [2.75, 3.05) is 6.61 Å². The van der Waals surface area contributed by atoms with E-state index in [0.29, 0.717) is 6.10 Å². The Labute approximate surface area is 161 Å². The molecule has 26 heavy (non-hydrogen) atoms. The maximum absolute atomic E-state index is 6.18. The van der Waals surface area contributed by atoms with Crippen LogP contribution in [0.3, 0.4) is 0 Å². The zero-order valence-corrected chi connectivity index (χ0v) is 17.2. The lowest BCUT2D eigenvalue weighted by Gasteiger charge is -2.31. The molecule has 2 saturated carbocycles. The van der Waals surface area contributed by atoms with Gasteiger partial charge in [-0.3, -0.25) is 0 Å². The van der Waals surface area contributed by atoms with E-state index in [-0.39, 0.29) is 0 Å². The van der Waals surface area contributed by atoms with E-state index in [1.165, 1.54) is 75.3 Å². The van der Waals surface area contributed by atoms with Crippen molar-refractivity contribution in [1.82, 2.24) is 0 Å². The molecule has 1 heteroatoms. The van der Waals surface area contributed by atoms with Crippen LogP contribution in [0.15, 0.2) is 24.3 Å². The molecular formula is C25H40O. The van der Waals surface area contributed by atoms with Crippen LogP contribution in [0, 0.1) is 24.7 Å². The van der Waals surface area contributed by atoms with Crippen LogP contribution in [0.5, 0.6) is 0 Å². The molecule has 2 fully saturated rings. The van der Waals surface area contributed by atoms with E-state index in [1.54, 1.807) is 0 Å². The quantitative estimate of drug-likeness (QED) is 0.451. The summed E-state index contributed by atoms with van der Waals surface area (Å²) in [5.74, 6) is 3.02. The molecule has 2 aliphatic carbocycles. The summed E-state index contributed by atoms with van der Waals surface area (Å²) >= 11 is 0. The fraction of sp³-hybridized carbons (Fsp3) is 0.760. The first-order chi connectivity index (χ1) is 12.7. The molecule has 1 nitrogen and oxygen atoms in total. The molecule has 1 aromatic rings. The zero-order chi connectivity index (χ0) is 18.2. The molecular weight excluding hydrogens is 316 g/mol. The lowest BCUT2D eigenvalue weighted by Crippen LogP contribution is -2.23. The van der Waals surface area contributed by atoms with E-state index in [9.17, 15) is 0 Å². The second-order valence-corrected chi connectivity index (χ2v) is 9.31. The number of hydrogen-bond donors (Lipinski definition) is 0.